The van der Waals surface area contributed by atoms with Crippen LogP contribution >= 0.6 is 47.0 Å². The smallest absolute Gasteiger partial charge is 0.353 e. The van der Waals surface area contributed by atoms with E-state index in [1.807, 2.05) is 6.07 Å². The highest BCUT2D eigenvalue weighted by Crippen LogP contribution is 2.44. The molecule has 4 heterocycles. The number of methoxy groups -OCH3 is 2. The van der Waals surface area contributed by atoms with Crippen molar-refractivity contribution in [3.63, 3.8) is 0 Å². The molecule has 44 heavy (non-hydrogen) atoms. The number of rotatable bonds is 12. The van der Waals surface area contributed by atoms with E-state index in [0.717, 1.165) is 0 Å². The molecule has 0 bridgehead atoms. The summed E-state index contributed by atoms with van der Waals surface area (Å²) < 4.78 is 15.2. The number of nitrogens with two attached hydrogens (primary N) is 1. The number of carbonyl (C=O) groups is 5. The summed E-state index contributed by atoms with van der Waals surface area (Å²) in [6.07, 6.45) is 0. The van der Waals surface area contributed by atoms with Crippen molar-refractivity contribution in [3.8, 4) is 5.75 Å². The summed E-state index contributed by atoms with van der Waals surface area (Å²) in [6.45, 7) is -0.220. The molecule has 2 saturated heterocycles. The van der Waals surface area contributed by atoms with Gasteiger partial charge in [0, 0.05) is 35.5 Å². The lowest BCUT2D eigenvalue weighted by Crippen LogP contribution is -2.70. The normalized spacial score (nSPS) is 23.9. The van der Waals surface area contributed by atoms with Crippen molar-refractivity contribution in [2.75, 3.05) is 44.2 Å². The third kappa shape index (κ3) is 7.32. The molecule has 0 unspecified atom stereocenters. The van der Waals surface area contributed by atoms with Crippen LogP contribution in [0.4, 0.5) is 0 Å². The fraction of sp³-hybridized carbons (Fsp3) is 0.423. The molecule has 3 amide bonds. The molecule has 5 N–H and O–H groups in total. The number of ether oxygens (including phenoxy) is 3. The van der Waals surface area contributed by atoms with Gasteiger partial charge in [-0.05, 0) is 12.1 Å². The van der Waals surface area contributed by atoms with Crippen LogP contribution in [0.15, 0.2) is 51.5 Å². The molecule has 5 rings (SSSR count). The summed E-state index contributed by atoms with van der Waals surface area (Å²) in [5.74, 6) is -1.23. The van der Waals surface area contributed by atoms with Crippen LogP contribution in [0.25, 0.3) is 0 Å². The molecule has 18 heteroatoms. The van der Waals surface area contributed by atoms with Gasteiger partial charge in [0.1, 0.15) is 40.0 Å². The number of fused-ring (bicyclic) bond motifs is 2. The van der Waals surface area contributed by atoms with E-state index in [9.17, 15) is 34.2 Å². The summed E-state index contributed by atoms with van der Waals surface area (Å²) >= 11 is 5.45. The Morgan fingerprint density at radius 3 is 1.95 bits per heavy atom. The number of thioether (sulfide) groups is 4. The molecule has 0 saturated carbocycles. The van der Waals surface area contributed by atoms with Crippen LogP contribution in [-0.4, -0.2) is 117 Å². The minimum absolute atomic E-state index is 0.0307. The van der Waals surface area contributed by atoms with Gasteiger partial charge >= 0.3 is 11.9 Å². The Labute approximate surface area is 269 Å². The van der Waals surface area contributed by atoms with Crippen LogP contribution in [0.3, 0.4) is 0 Å². The van der Waals surface area contributed by atoms with Crippen molar-refractivity contribution in [2.45, 2.75) is 22.8 Å². The van der Waals surface area contributed by atoms with E-state index in [1.165, 1.54) is 71.1 Å². The lowest BCUT2D eigenvalue weighted by Gasteiger charge is -2.49. The number of aliphatic carboxylic acids is 2. The van der Waals surface area contributed by atoms with Crippen LogP contribution in [0.5, 0.6) is 5.75 Å². The van der Waals surface area contributed by atoms with E-state index in [1.54, 1.807) is 24.3 Å². The fourth-order valence-electron chi connectivity index (χ4n) is 4.44. The molecule has 4 aliphatic rings. The monoisotopic (exact) mass is 686 g/mol. The van der Waals surface area contributed by atoms with Crippen LogP contribution in [0, 0.1) is 0 Å². The molecule has 0 radical (unpaired) electrons. The summed E-state index contributed by atoms with van der Waals surface area (Å²) in [5.41, 5.74) is 5.65. The van der Waals surface area contributed by atoms with Crippen LogP contribution in [0.2, 0.25) is 0 Å². The van der Waals surface area contributed by atoms with E-state index in [-0.39, 0.29) is 29.3 Å². The summed E-state index contributed by atoms with van der Waals surface area (Å²) in [6, 6.07) is 7.53. The molecule has 238 valence electrons. The third-order valence-electron chi connectivity index (χ3n) is 6.44. The number of para-hydroxylation sites is 1. The minimum Gasteiger partial charge on any atom is -0.484 e. The Morgan fingerprint density at radius 1 is 0.909 bits per heavy atom. The average molecular weight is 687 g/mol. The number of carboxylic acid groups (broad SMARTS) is 2. The van der Waals surface area contributed by atoms with Crippen molar-refractivity contribution in [1.82, 2.24) is 15.1 Å². The number of nitrogens with one attached hydrogen (secondary N) is 1. The highest BCUT2D eigenvalue weighted by molar-refractivity contribution is 8.06. The fourth-order valence-corrected chi connectivity index (χ4v) is 9.02. The second-order valence-electron chi connectivity index (χ2n) is 9.25. The quantitative estimate of drug-likeness (QED) is 0.179. The standard InChI is InChI=1S/C17H18N2O6S2.C9H12N2O4S2/c1-24-9-27-11-8-26-16-13(15(21)19(16)14(11)17(22)23)18-12(20)7-25-10-5-3-2-4-6-10;1-15-3-17-4-2-16-8-5(10)7(12)11(8)6(4)9(13)14/h2-6,13,16H,7-9H2,1H3,(H,18,20)(H,22,23);5,8H,2-3,10H2,1H3,(H,13,14)/t13-,16-;5-,8-/m11/s1. The highest BCUT2D eigenvalue weighted by atomic mass is 32.2. The molecule has 0 aromatic heterocycles. The van der Waals surface area contributed by atoms with E-state index < -0.39 is 41.2 Å². The van der Waals surface area contributed by atoms with Gasteiger partial charge in [0.05, 0.1) is 11.9 Å². The predicted octanol–water partition coefficient (Wildman–Crippen LogP) is 0.961. The maximum atomic E-state index is 12.5. The summed E-state index contributed by atoms with van der Waals surface area (Å²) in [7, 11) is 3.06. The van der Waals surface area contributed by atoms with Gasteiger partial charge in [-0.3, -0.25) is 24.2 Å². The van der Waals surface area contributed by atoms with E-state index in [2.05, 4.69) is 5.32 Å². The molecule has 4 aliphatic heterocycles. The van der Waals surface area contributed by atoms with Gasteiger partial charge in [-0.2, -0.15) is 0 Å². The number of β-lactam (4-membered cyclic amide) rings is 2. The van der Waals surface area contributed by atoms with E-state index >= 15 is 0 Å². The number of carbonyl (C=O) groups excluding carboxylic acids is 3. The molecule has 4 atom stereocenters. The molecular formula is C26H30N4O10S4. The largest absolute Gasteiger partial charge is 0.484 e. The summed E-state index contributed by atoms with van der Waals surface area (Å²) in [4.78, 5) is 62.7. The van der Waals surface area contributed by atoms with Crippen LogP contribution in [-0.2, 0) is 33.4 Å². The zero-order chi connectivity index (χ0) is 32.0. The van der Waals surface area contributed by atoms with Gasteiger partial charge < -0.3 is 35.5 Å². The van der Waals surface area contributed by atoms with Gasteiger partial charge in [0.15, 0.2) is 6.61 Å². The predicted molar refractivity (Wildman–Crippen MR) is 166 cm³/mol. The maximum absolute atomic E-state index is 12.5. The first kappa shape index (κ1) is 34.0. The second-order valence-corrected chi connectivity index (χ2v) is 13.5. The highest BCUT2D eigenvalue weighted by Gasteiger charge is 2.54. The Bertz CT molecular complexity index is 1360. The molecule has 2 fully saturated rings. The zero-order valence-corrected chi connectivity index (χ0v) is 26.8. The Balaban J connectivity index is 0.000000223. The number of hydrogen-bond acceptors (Lipinski definition) is 13. The Kier molecular flexibility index (Phi) is 11.9. The van der Waals surface area contributed by atoms with Crippen molar-refractivity contribution in [3.05, 3.63) is 51.5 Å². The van der Waals surface area contributed by atoms with Gasteiger partial charge in [-0.1, -0.05) is 41.7 Å². The zero-order valence-electron chi connectivity index (χ0n) is 23.5. The molecule has 0 spiro atoms. The topological polar surface area (TPSA) is 198 Å². The first-order chi connectivity index (χ1) is 21.1. The van der Waals surface area contributed by atoms with Crippen molar-refractivity contribution >= 4 is 76.7 Å². The van der Waals surface area contributed by atoms with E-state index in [0.29, 0.717) is 38.9 Å². The maximum Gasteiger partial charge on any atom is 0.353 e. The summed E-state index contributed by atoms with van der Waals surface area (Å²) in [5, 5.41) is 20.6. The molecule has 1 aromatic carbocycles. The number of carboxylic acids is 2. The average Bonchev–Trinajstić information content (AvgIpc) is 3.03. The van der Waals surface area contributed by atoms with Crippen LogP contribution in [0.1, 0.15) is 0 Å². The Hall–Kier alpha value is -2.87. The van der Waals surface area contributed by atoms with Gasteiger partial charge in [-0.15, -0.1) is 23.5 Å². The lowest BCUT2D eigenvalue weighted by atomic mass is 10.1. The first-order valence-electron chi connectivity index (χ1n) is 12.9. The third-order valence-corrected chi connectivity index (χ3v) is 11.5. The Morgan fingerprint density at radius 2 is 1.43 bits per heavy atom. The van der Waals surface area contributed by atoms with E-state index in [4.69, 9.17) is 19.9 Å². The minimum atomic E-state index is -1.16. The number of hydrogen-bond donors (Lipinski definition) is 4. The number of benzene rings is 1. The van der Waals surface area contributed by atoms with Crippen molar-refractivity contribution in [1.29, 1.82) is 0 Å². The SMILES string of the molecule is COCSC1=C(C(=O)O)N2C(=O)[C@@H](N)[C@H]2SC1.COCSC1=C(C(=O)O)N2C(=O)[C@@H](NC(=O)COc3ccccc3)[C@H]2SC1. The lowest BCUT2D eigenvalue weighted by molar-refractivity contribution is -0.150. The van der Waals surface area contributed by atoms with Crippen molar-refractivity contribution < 1.29 is 48.4 Å². The molecule has 1 aromatic rings. The van der Waals surface area contributed by atoms with Crippen LogP contribution < -0.4 is 15.8 Å². The van der Waals surface area contributed by atoms with Gasteiger partial charge in [-0.25, -0.2) is 9.59 Å². The number of amides is 3. The number of nitrogens with zero attached hydrogens (tertiary/aromatic N) is 2. The first-order valence-corrected chi connectivity index (χ1v) is 17.0. The van der Waals surface area contributed by atoms with Gasteiger partial charge in [0.2, 0.25) is 5.91 Å². The van der Waals surface area contributed by atoms with Gasteiger partial charge in [0.25, 0.3) is 11.8 Å². The van der Waals surface area contributed by atoms with Crippen molar-refractivity contribution in [2.24, 2.45) is 5.73 Å². The molecule has 0 aliphatic carbocycles. The molecular weight excluding hydrogens is 657 g/mol. The second kappa shape index (κ2) is 15.4. The molecule has 14 nitrogen and oxygen atoms in total.